The lowest BCUT2D eigenvalue weighted by Crippen LogP contribution is -2.12. The number of nitriles is 1. The van der Waals surface area contributed by atoms with Gasteiger partial charge in [0, 0.05) is 24.0 Å². The Bertz CT molecular complexity index is 933. The van der Waals surface area contributed by atoms with E-state index in [1.165, 1.54) is 22.9 Å². The molecule has 0 aliphatic carbocycles. The highest BCUT2D eigenvalue weighted by atomic mass is 35.5. The van der Waals surface area contributed by atoms with E-state index >= 15 is 0 Å². The largest absolute Gasteiger partial charge is 0.281 e. The van der Waals surface area contributed by atoms with Crippen LogP contribution in [0.5, 0.6) is 0 Å². The third-order valence-electron chi connectivity index (χ3n) is 3.16. The molecule has 3 aromatic rings. The fourth-order valence-corrected chi connectivity index (χ4v) is 3.06. The summed E-state index contributed by atoms with van der Waals surface area (Å²) in [6.45, 7) is 0. The van der Waals surface area contributed by atoms with E-state index in [1.807, 2.05) is 6.07 Å². The highest BCUT2D eigenvalue weighted by molar-refractivity contribution is 6.40. The van der Waals surface area contributed by atoms with Crippen molar-refractivity contribution in [2.45, 2.75) is 0 Å². The van der Waals surface area contributed by atoms with Crippen LogP contribution in [0.15, 0.2) is 36.8 Å². The number of fused-ring (bicyclic) bond motifs is 1. The standard InChI is InChI=1S/C15H6Cl3N3O/c16-10-3-8(5-19)4-11(17)14(10)15(22)21-7-12(18)9-6-20-2-1-13(9)21/h1-4,6-7H. The van der Waals surface area contributed by atoms with Gasteiger partial charge < -0.3 is 0 Å². The molecule has 0 atom stereocenters. The zero-order chi connectivity index (χ0) is 15.9. The van der Waals surface area contributed by atoms with Gasteiger partial charge in [0.1, 0.15) is 0 Å². The van der Waals surface area contributed by atoms with E-state index in [-0.39, 0.29) is 21.2 Å². The van der Waals surface area contributed by atoms with Gasteiger partial charge in [0.15, 0.2) is 0 Å². The van der Waals surface area contributed by atoms with E-state index in [2.05, 4.69) is 4.98 Å². The van der Waals surface area contributed by atoms with Crippen LogP contribution >= 0.6 is 34.8 Å². The van der Waals surface area contributed by atoms with Crippen LogP contribution in [0.3, 0.4) is 0 Å². The SMILES string of the molecule is N#Cc1cc(Cl)c(C(=O)n2cc(Cl)c3cnccc32)c(Cl)c1. The molecule has 0 spiro atoms. The summed E-state index contributed by atoms with van der Waals surface area (Å²) in [5.74, 6) is -0.428. The molecule has 0 saturated carbocycles. The van der Waals surface area contributed by atoms with Gasteiger partial charge in [0.25, 0.3) is 5.91 Å². The van der Waals surface area contributed by atoms with Crippen LogP contribution in [0.2, 0.25) is 15.1 Å². The first kappa shape index (κ1) is 14.9. The van der Waals surface area contributed by atoms with Crippen molar-refractivity contribution in [3.05, 3.63) is 63.0 Å². The van der Waals surface area contributed by atoms with Crippen LogP contribution in [0.1, 0.15) is 15.9 Å². The van der Waals surface area contributed by atoms with Crippen molar-refractivity contribution >= 4 is 51.6 Å². The predicted octanol–water partition coefficient (Wildman–Crippen LogP) is 4.56. The number of hydrogen-bond donors (Lipinski definition) is 0. The molecular formula is C15H6Cl3N3O. The van der Waals surface area contributed by atoms with Gasteiger partial charge in [-0.1, -0.05) is 34.8 Å². The first-order chi connectivity index (χ1) is 10.5. The molecular weight excluding hydrogens is 345 g/mol. The van der Waals surface area contributed by atoms with E-state index in [4.69, 9.17) is 40.1 Å². The third kappa shape index (κ3) is 2.34. The highest BCUT2D eigenvalue weighted by Gasteiger charge is 2.20. The number of rotatable bonds is 1. The Balaban J connectivity index is 2.21. The number of halogens is 3. The highest BCUT2D eigenvalue weighted by Crippen LogP contribution is 2.30. The van der Waals surface area contributed by atoms with Gasteiger partial charge in [-0.15, -0.1) is 0 Å². The molecule has 0 unspecified atom stereocenters. The van der Waals surface area contributed by atoms with Crippen molar-refractivity contribution < 1.29 is 4.79 Å². The molecule has 2 heterocycles. The van der Waals surface area contributed by atoms with E-state index in [9.17, 15) is 4.79 Å². The molecule has 7 heteroatoms. The van der Waals surface area contributed by atoms with Gasteiger partial charge in [0.05, 0.1) is 37.8 Å². The van der Waals surface area contributed by atoms with Gasteiger partial charge >= 0.3 is 0 Å². The second-order valence-electron chi connectivity index (χ2n) is 4.47. The summed E-state index contributed by atoms with van der Waals surface area (Å²) in [5.41, 5.74) is 1.00. The van der Waals surface area contributed by atoms with Crippen molar-refractivity contribution in [2.75, 3.05) is 0 Å². The smallest absolute Gasteiger partial charge is 0.265 e. The monoisotopic (exact) mass is 349 g/mol. The molecule has 0 aliphatic rings. The molecule has 0 bridgehead atoms. The van der Waals surface area contributed by atoms with Crippen molar-refractivity contribution in [3.8, 4) is 6.07 Å². The molecule has 2 aromatic heterocycles. The van der Waals surface area contributed by atoms with E-state index in [0.29, 0.717) is 15.9 Å². The summed E-state index contributed by atoms with van der Waals surface area (Å²) < 4.78 is 1.36. The second-order valence-corrected chi connectivity index (χ2v) is 5.69. The second kappa shape index (κ2) is 5.62. The van der Waals surface area contributed by atoms with Crippen LogP contribution in [0.25, 0.3) is 10.9 Å². The molecule has 4 nitrogen and oxygen atoms in total. The number of benzene rings is 1. The molecule has 0 N–H and O–H groups in total. The molecule has 22 heavy (non-hydrogen) atoms. The number of pyridine rings is 1. The lowest BCUT2D eigenvalue weighted by Gasteiger charge is -2.08. The number of hydrogen-bond acceptors (Lipinski definition) is 3. The number of nitrogens with zero attached hydrogens (tertiary/aromatic N) is 3. The van der Waals surface area contributed by atoms with Gasteiger partial charge in [0.2, 0.25) is 0 Å². The molecule has 1 aromatic carbocycles. The average molecular weight is 351 g/mol. The Morgan fingerprint density at radius 1 is 1.18 bits per heavy atom. The van der Waals surface area contributed by atoms with Gasteiger partial charge in [-0.2, -0.15) is 5.26 Å². The Morgan fingerprint density at radius 2 is 1.86 bits per heavy atom. The van der Waals surface area contributed by atoms with Crippen LogP contribution in [-0.4, -0.2) is 15.5 Å². The summed E-state index contributed by atoms with van der Waals surface area (Å²) >= 11 is 18.3. The zero-order valence-electron chi connectivity index (χ0n) is 10.8. The first-order valence-electron chi connectivity index (χ1n) is 6.07. The summed E-state index contributed by atoms with van der Waals surface area (Å²) in [7, 11) is 0. The molecule has 0 fully saturated rings. The quantitative estimate of drug-likeness (QED) is 0.646. The molecule has 108 valence electrons. The zero-order valence-corrected chi connectivity index (χ0v) is 13.1. The van der Waals surface area contributed by atoms with E-state index in [1.54, 1.807) is 18.5 Å². The molecule has 0 amide bonds. The van der Waals surface area contributed by atoms with Crippen molar-refractivity contribution in [2.24, 2.45) is 0 Å². The maximum atomic E-state index is 12.7. The fourth-order valence-electron chi connectivity index (χ4n) is 2.16. The Morgan fingerprint density at radius 3 is 2.50 bits per heavy atom. The Kier molecular flexibility index (Phi) is 3.79. The maximum Gasteiger partial charge on any atom is 0.265 e. The summed E-state index contributed by atoms with van der Waals surface area (Å²) in [5, 5.41) is 10.2. The minimum Gasteiger partial charge on any atom is -0.281 e. The fraction of sp³-hybridized carbons (Fsp3) is 0. The number of aromatic nitrogens is 2. The van der Waals surface area contributed by atoms with E-state index in [0.717, 1.165) is 0 Å². The van der Waals surface area contributed by atoms with Crippen LogP contribution in [0.4, 0.5) is 0 Å². The topological polar surface area (TPSA) is 58.7 Å². The van der Waals surface area contributed by atoms with Gasteiger partial charge in [-0.3, -0.25) is 14.3 Å². The molecule has 0 radical (unpaired) electrons. The molecule has 0 aliphatic heterocycles. The Hall–Kier alpha value is -2.06. The first-order valence-corrected chi connectivity index (χ1v) is 7.20. The predicted molar refractivity (Wildman–Crippen MR) is 85.6 cm³/mol. The maximum absolute atomic E-state index is 12.7. The minimum atomic E-state index is -0.428. The minimum absolute atomic E-state index is 0.112. The molecule has 0 saturated heterocycles. The van der Waals surface area contributed by atoms with Gasteiger partial charge in [-0.25, -0.2) is 0 Å². The Labute approximate surface area is 140 Å². The van der Waals surface area contributed by atoms with Crippen LogP contribution in [-0.2, 0) is 0 Å². The average Bonchev–Trinajstić information content (AvgIpc) is 2.84. The van der Waals surface area contributed by atoms with Crippen LogP contribution in [0, 0.1) is 11.3 Å². The van der Waals surface area contributed by atoms with Crippen molar-refractivity contribution in [1.29, 1.82) is 5.26 Å². The lowest BCUT2D eigenvalue weighted by molar-refractivity contribution is 0.0965. The normalized spacial score (nSPS) is 10.6. The summed E-state index contributed by atoms with van der Waals surface area (Å²) in [4.78, 5) is 16.7. The van der Waals surface area contributed by atoms with Crippen molar-refractivity contribution in [3.63, 3.8) is 0 Å². The lowest BCUT2D eigenvalue weighted by atomic mass is 10.1. The number of carbonyl (C=O) groups excluding carboxylic acids is 1. The summed E-state index contributed by atoms with van der Waals surface area (Å²) in [6.07, 6.45) is 4.62. The molecule has 3 rings (SSSR count). The number of carbonyl (C=O) groups is 1. The third-order valence-corrected chi connectivity index (χ3v) is 4.06. The summed E-state index contributed by atoms with van der Waals surface area (Å²) in [6, 6.07) is 6.40. The van der Waals surface area contributed by atoms with Crippen LogP contribution < -0.4 is 0 Å². The van der Waals surface area contributed by atoms with Gasteiger partial charge in [-0.05, 0) is 18.2 Å². The van der Waals surface area contributed by atoms with E-state index < -0.39 is 5.91 Å². The van der Waals surface area contributed by atoms with Crippen molar-refractivity contribution in [1.82, 2.24) is 9.55 Å².